The molecular formula is C19H15N3O3. The molecule has 124 valence electrons. The summed E-state index contributed by atoms with van der Waals surface area (Å²) in [6.07, 6.45) is 4.92. The zero-order valence-electron chi connectivity index (χ0n) is 13.3. The fourth-order valence-electron chi connectivity index (χ4n) is 2.90. The Morgan fingerprint density at radius 1 is 0.920 bits per heavy atom. The molecule has 0 spiro atoms. The molecule has 0 saturated carbocycles. The van der Waals surface area contributed by atoms with Crippen LogP contribution in [0.15, 0.2) is 81.2 Å². The zero-order valence-corrected chi connectivity index (χ0v) is 13.3. The second kappa shape index (κ2) is 6.24. The van der Waals surface area contributed by atoms with Crippen LogP contribution in [-0.2, 0) is 13.1 Å². The molecule has 6 heteroatoms. The molecule has 0 unspecified atom stereocenters. The Labute approximate surface area is 142 Å². The fourth-order valence-corrected chi connectivity index (χ4v) is 2.90. The SMILES string of the molecule is O=c1c2ccccc2n(Cc2cccnc2)c(=O)n1Cc1ccco1. The first-order chi connectivity index (χ1) is 12.2. The Morgan fingerprint density at radius 3 is 2.56 bits per heavy atom. The maximum Gasteiger partial charge on any atom is 0.332 e. The lowest BCUT2D eigenvalue weighted by molar-refractivity contribution is 0.479. The van der Waals surface area contributed by atoms with Crippen molar-refractivity contribution in [2.24, 2.45) is 0 Å². The molecule has 6 nitrogen and oxygen atoms in total. The average Bonchev–Trinajstić information content (AvgIpc) is 3.16. The molecule has 0 aliphatic carbocycles. The van der Waals surface area contributed by atoms with Crippen molar-refractivity contribution in [2.75, 3.05) is 0 Å². The highest BCUT2D eigenvalue weighted by molar-refractivity contribution is 5.77. The number of aromatic nitrogens is 3. The summed E-state index contributed by atoms with van der Waals surface area (Å²) in [4.78, 5) is 29.9. The van der Waals surface area contributed by atoms with Gasteiger partial charge in [-0.25, -0.2) is 4.79 Å². The summed E-state index contributed by atoms with van der Waals surface area (Å²) < 4.78 is 8.10. The van der Waals surface area contributed by atoms with Gasteiger partial charge in [-0.05, 0) is 35.9 Å². The molecule has 0 saturated heterocycles. The predicted octanol–water partition coefficient (Wildman–Crippen LogP) is 2.25. The van der Waals surface area contributed by atoms with Gasteiger partial charge in [-0.15, -0.1) is 0 Å². The van der Waals surface area contributed by atoms with Crippen molar-refractivity contribution < 1.29 is 4.42 Å². The topological polar surface area (TPSA) is 70.0 Å². The van der Waals surface area contributed by atoms with Crippen LogP contribution in [0.4, 0.5) is 0 Å². The zero-order chi connectivity index (χ0) is 17.2. The smallest absolute Gasteiger partial charge is 0.332 e. The second-order valence-corrected chi connectivity index (χ2v) is 5.72. The van der Waals surface area contributed by atoms with Gasteiger partial charge in [0.1, 0.15) is 5.76 Å². The molecule has 25 heavy (non-hydrogen) atoms. The number of hydrogen-bond acceptors (Lipinski definition) is 4. The lowest BCUT2D eigenvalue weighted by atomic mass is 10.2. The largest absolute Gasteiger partial charge is 0.467 e. The van der Waals surface area contributed by atoms with Crippen LogP contribution in [0.25, 0.3) is 10.9 Å². The van der Waals surface area contributed by atoms with E-state index in [0.29, 0.717) is 23.2 Å². The molecule has 1 aromatic carbocycles. The molecular weight excluding hydrogens is 318 g/mol. The van der Waals surface area contributed by atoms with E-state index in [0.717, 1.165) is 5.56 Å². The minimum Gasteiger partial charge on any atom is -0.467 e. The van der Waals surface area contributed by atoms with Crippen LogP contribution in [0.5, 0.6) is 0 Å². The standard InChI is InChI=1S/C19H15N3O3/c23-18-16-7-1-2-8-17(16)21(12-14-5-3-9-20-11-14)19(24)22(18)13-15-6-4-10-25-15/h1-11H,12-13H2. The van der Waals surface area contributed by atoms with E-state index in [2.05, 4.69) is 4.98 Å². The van der Waals surface area contributed by atoms with Gasteiger partial charge in [0.05, 0.1) is 30.3 Å². The summed E-state index contributed by atoms with van der Waals surface area (Å²) in [5, 5.41) is 0.498. The molecule has 4 rings (SSSR count). The summed E-state index contributed by atoms with van der Waals surface area (Å²) in [5.74, 6) is 0.558. The lowest BCUT2D eigenvalue weighted by Gasteiger charge is -2.13. The van der Waals surface area contributed by atoms with Crippen molar-refractivity contribution in [1.82, 2.24) is 14.1 Å². The number of rotatable bonds is 4. The third kappa shape index (κ3) is 2.78. The minimum absolute atomic E-state index is 0.0997. The van der Waals surface area contributed by atoms with Gasteiger partial charge >= 0.3 is 5.69 Å². The van der Waals surface area contributed by atoms with Crippen LogP contribution < -0.4 is 11.2 Å². The highest BCUT2D eigenvalue weighted by Crippen LogP contribution is 2.10. The van der Waals surface area contributed by atoms with Crippen molar-refractivity contribution >= 4 is 10.9 Å². The summed E-state index contributed by atoms with van der Waals surface area (Å²) in [7, 11) is 0. The van der Waals surface area contributed by atoms with Gasteiger partial charge in [0, 0.05) is 12.4 Å². The quantitative estimate of drug-likeness (QED) is 0.574. The van der Waals surface area contributed by atoms with Gasteiger partial charge in [0.15, 0.2) is 0 Å². The maximum absolute atomic E-state index is 13.0. The van der Waals surface area contributed by atoms with Crippen molar-refractivity contribution in [1.29, 1.82) is 0 Å². The van der Waals surface area contributed by atoms with E-state index in [1.54, 1.807) is 47.3 Å². The number of nitrogens with zero attached hydrogens (tertiary/aromatic N) is 3. The highest BCUT2D eigenvalue weighted by atomic mass is 16.3. The molecule has 0 amide bonds. The average molecular weight is 333 g/mol. The number of pyridine rings is 1. The lowest BCUT2D eigenvalue weighted by Crippen LogP contribution is -2.40. The molecule has 4 aromatic rings. The number of para-hydroxylation sites is 1. The minimum atomic E-state index is -0.371. The Balaban J connectivity index is 1.94. The first-order valence-corrected chi connectivity index (χ1v) is 7.88. The molecule has 0 fully saturated rings. The Hall–Kier alpha value is -3.41. The summed E-state index contributed by atoms with van der Waals surface area (Å²) in [6.45, 7) is 0.439. The second-order valence-electron chi connectivity index (χ2n) is 5.72. The number of fused-ring (bicyclic) bond motifs is 1. The highest BCUT2D eigenvalue weighted by Gasteiger charge is 2.14. The maximum atomic E-state index is 13.0. The van der Waals surface area contributed by atoms with E-state index in [1.807, 2.05) is 18.2 Å². The van der Waals surface area contributed by atoms with E-state index in [9.17, 15) is 9.59 Å². The normalized spacial score (nSPS) is 11.0. The van der Waals surface area contributed by atoms with Crippen LogP contribution >= 0.6 is 0 Å². The van der Waals surface area contributed by atoms with Crippen LogP contribution in [-0.4, -0.2) is 14.1 Å². The molecule has 0 aliphatic rings. The molecule has 3 aromatic heterocycles. The molecule has 3 heterocycles. The molecule has 0 bridgehead atoms. The van der Waals surface area contributed by atoms with Crippen LogP contribution in [0.3, 0.4) is 0 Å². The number of furan rings is 1. The third-order valence-corrected chi connectivity index (χ3v) is 4.09. The Kier molecular flexibility index (Phi) is 3.78. The molecule has 0 atom stereocenters. The van der Waals surface area contributed by atoms with Crippen molar-refractivity contribution in [3.63, 3.8) is 0 Å². The van der Waals surface area contributed by atoms with E-state index >= 15 is 0 Å². The van der Waals surface area contributed by atoms with Crippen molar-refractivity contribution in [2.45, 2.75) is 13.1 Å². The summed E-state index contributed by atoms with van der Waals surface area (Å²) >= 11 is 0. The third-order valence-electron chi connectivity index (χ3n) is 4.09. The van der Waals surface area contributed by atoms with Gasteiger partial charge in [-0.3, -0.25) is 18.9 Å². The van der Waals surface area contributed by atoms with Crippen molar-refractivity contribution in [3.8, 4) is 0 Å². The summed E-state index contributed by atoms with van der Waals surface area (Å²) in [5.41, 5.74) is 0.804. The Morgan fingerprint density at radius 2 is 1.80 bits per heavy atom. The van der Waals surface area contributed by atoms with Crippen LogP contribution in [0, 0.1) is 0 Å². The summed E-state index contributed by atoms with van der Waals surface area (Å²) in [6, 6.07) is 14.3. The van der Waals surface area contributed by atoms with Gasteiger partial charge < -0.3 is 4.42 Å². The molecule has 0 radical (unpaired) electrons. The fraction of sp³-hybridized carbons (Fsp3) is 0.105. The van der Waals surface area contributed by atoms with Crippen LogP contribution in [0.1, 0.15) is 11.3 Å². The van der Waals surface area contributed by atoms with E-state index < -0.39 is 0 Å². The van der Waals surface area contributed by atoms with Gasteiger partial charge in [-0.2, -0.15) is 0 Å². The number of benzene rings is 1. The van der Waals surface area contributed by atoms with Gasteiger partial charge in [0.25, 0.3) is 5.56 Å². The first-order valence-electron chi connectivity index (χ1n) is 7.88. The predicted molar refractivity (Wildman–Crippen MR) is 93.6 cm³/mol. The van der Waals surface area contributed by atoms with Gasteiger partial charge in [-0.1, -0.05) is 18.2 Å². The van der Waals surface area contributed by atoms with Crippen LogP contribution in [0.2, 0.25) is 0 Å². The van der Waals surface area contributed by atoms with Gasteiger partial charge in [0.2, 0.25) is 0 Å². The number of hydrogen-bond donors (Lipinski definition) is 0. The first kappa shape index (κ1) is 15.1. The van der Waals surface area contributed by atoms with E-state index in [4.69, 9.17) is 4.42 Å². The monoisotopic (exact) mass is 333 g/mol. The molecule has 0 aliphatic heterocycles. The van der Waals surface area contributed by atoms with E-state index in [-0.39, 0.29) is 17.8 Å². The van der Waals surface area contributed by atoms with E-state index in [1.165, 1.54) is 10.8 Å². The Bertz CT molecular complexity index is 1130. The van der Waals surface area contributed by atoms with Crippen molar-refractivity contribution in [3.05, 3.63) is 99.3 Å². The molecule has 0 N–H and O–H groups in total.